The summed E-state index contributed by atoms with van der Waals surface area (Å²) in [5.41, 5.74) is 0.941. The first-order valence-electron chi connectivity index (χ1n) is 6.16. The Morgan fingerprint density at radius 3 is 2.62 bits per heavy atom. The van der Waals surface area contributed by atoms with Gasteiger partial charge in [0.15, 0.2) is 0 Å². The van der Waals surface area contributed by atoms with E-state index in [0.717, 1.165) is 12.0 Å². The molecule has 0 amide bonds. The Kier molecular flexibility index (Phi) is 5.08. The van der Waals surface area contributed by atoms with Crippen LogP contribution in [0.3, 0.4) is 0 Å². The molecule has 0 bridgehead atoms. The van der Waals surface area contributed by atoms with Gasteiger partial charge in [-0.25, -0.2) is 4.98 Å². The van der Waals surface area contributed by atoms with Gasteiger partial charge in [0.1, 0.15) is 10.9 Å². The van der Waals surface area contributed by atoms with Gasteiger partial charge in [-0.3, -0.25) is 10.1 Å². The Hall–Kier alpha value is -2.18. The molecule has 7 heteroatoms. The van der Waals surface area contributed by atoms with E-state index in [0.29, 0.717) is 12.4 Å². The van der Waals surface area contributed by atoms with Gasteiger partial charge in [-0.05, 0) is 24.1 Å². The van der Waals surface area contributed by atoms with Gasteiger partial charge in [-0.15, -0.1) is 0 Å². The van der Waals surface area contributed by atoms with E-state index < -0.39 is 4.92 Å². The van der Waals surface area contributed by atoms with E-state index >= 15 is 0 Å². The fraction of sp³-hybridized carbons (Fsp3) is 0.214. The van der Waals surface area contributed by atoms with Gasteiger partial charge in [-0.1, -0.05) is 23.7 Å². The number of pyridine rings is 1. The van der Waals surface area contributed by atoms with Crippen LogP contribution in [-0.2, 0) is 11.2 Å². The minimum atomic E-state index is -0.547. The SMILES string of the molecule is COCCc1ccc(Oc2cc([N+](=O)[O-])cc(Cl)n2)cc1. The van der Waals surface area contributed by atoms with Crippen LogP contribution in [0.1, 0.15) is 5.56 Å². The van der Waals surface area contributed by atoms with Crippen molar-refractivity contribution in [1.29, 1.82) is 0 Å². The van der Waals surface area contributed by atoms with Crippen LogP contribution in [0.4, 0.5) is 5.69 Å². The first kappa shape index (κ1) is 15.2. The molecule has 1 aromatic carbocycles. The highest BCUT2D eigenvalue weighted by atomic mass is 35.5. The smallest absolute Gasteiger partial charge is 0.277 e. The number of rotatable bonds is 6. The van der Waals surface area contributed by atoms with Gasteiger partial charge in [0, 0.05) is 7.11 Å². The van der Waals surface area contributed by atoms with E-state index in [9.17, 15) is 10.1 Å². The highest BCUT2D eigenvalue weighted by Gasteiger charge is 2.11. The number of hydrogen-bond donors (Lipinski definition) is 0. The maximum absolute atomic E-state index is 10.8. The third-order valence-corrected chi connectivity index (χ3v) is 2.90. The van der Waals surface area contributed by atoms with Gasteiger partial charge >= 0.3 is 0 Å². The quantitative estimate of drug-likeness (QED) is 0.463. The summed E-state index contributed by atoms with van der Waals surface area (Å²) >= 11 is 5.73. The molecule has 2 rings (SSSR count). The maximum Gasteiger partial charge on any atom is 0.277 e. The minimum Gasteiger partial charge on any atom is -0.439 e. The summed E-state index contributed by atoms with van der Waals surface area (Å²) in [7, 11) is 1.65. The normalized spacial score (nSPS) is 10.4. The molecule has 21 heavy (non-hydrogen) atoms. The number of nitro groups is 1. The number of methoxy groups -OCH3 is 1. The summed E-state index contributed by atoms with van der Waals surface area (Å²) in [5.74, 6) is 0.610. The third-order valence-electron chi connectivity index (χ3n) is 2.71. The molecule has 0 aliphatic rings. The zero-order valence-corrected chi connectivity index (χ0v) is 12.0. The van der Waals surface area contributed by atoms with Crippen molar-refractivity contribution in [3.05, 3.63) is 57.2 Å². The Balaban J connectivity index is 2.12. The molecule has 110 valence electrons. The molecule has 0 atom stereocenters. The van der Waals surface area contributed by atoms with E-state index in [-0.39, 0.29) is 16.7 Å². The van der Waals surface area contributed by atoms with Crippen molar-refractivity contribution >= 4 is 17.3 Å². The molecule has 0 radical (unpaired) electrons. The molecule has 0 spiro atoms. The molecule has 6 nitrogen and oxygen atoms in total. The maximum atomic E-state index is 10.8. The molecule has 0 aliphatic carbocycles. The monoisotopic (exact) mass is 308 g/mol. The molecular formula is C14H13ClN2O4. The second-order valence-corrected chi connectivity index (χ2v) is 4.62. The molecule has 0 fully saturated rings. The summed E-state index contributed by atoms with van der Waals surface area (Å²) < 4.78 is 10.5. The van der Waals surface area contributed by atoms with Crippen molar-refractivity contribution in [3.8, 4) is 11.6 Å². The largest absolute Gasteiger partial charge is 0.439 e. The summed E-state index contributed by atoms with van der Waals surface area (Å²) in [5, 5.41) is 10.8. The topological polar surface area (TPSA) is 74.5 Å². The zero-order chi connectivity index (χ0) is 15.2. The van der Waals surface area contributed by atoms with Crippen LogP contribution in [0.5, 0.6) is 11.6 Å². The Morgan fingerprint density at radius 2 is 2.00 bits per heavy atom. The molecule has 0 N–H and O–H groups in total. The van der Waals surface area contributed by atoms with Crippen LogP contribution >= 0.6 is 11.6 Å². The van der Waals surface area contributed by atoms with Crippen LogP contribution in [0.2, 0.25) is 5.15 Å². The highest BCUT2D eigenvalue weighted by Crippen LogP contribution is 2.26. The van der Waals surface area contributed by atoms with Gasteiger partial charge in [0.25, 0.3) is 5.69 Å². The van der Waals surface area contributed by atoms with E-state index in [4.69, 9.17) is 21.1 Å². The minimum absolute atomic E-state index is 0.0101. The fourth-order valence-electron chi connectivity index (χ4n) is 1.68. The zero-order valence-electron chi connectivity index (χ0n) is 11.3. The van der Waals surface area contributed by atoms with Gasteiger partial charge in [-0.2, -0.15) is 0 Å². The lowest BCUT2D eigenvalue weighted by atomic mass is 10.1. The lowest BCUT2D eigenvalue weighted by Gasteiger charge is -2.06. The number of benzene rings is 1. The molecule has 2 aromatic rings. The van der Waals surface area contributed by atoms with Crippen LogP contribution in [0.25, 0.3) is 0 Å². The van der Waals surface area contributed by atoms with Gasteiger partial charge in [0.05, 0.1) is 23.7 Å². The van der Waals surface area contributed by atoms with Crippen molar-refractivity contribution in [2.45, 2.75) is 6.42 Å². The van der Waals surface area contributed by atoms with Gasteiger partial charge < -0.3 is 9.47 Å². The molecule has 0 aliphatic heterocycles. The number of aromatic nitrogens is 1. The predicted molar refractivity (Wildman–Crippen MR) is 78.0 cm³/mol. The lowest BCUT2D eigenvalue weighted by Crippen LogP contribution is -1.95. The van der Waals surface area contributed by atoms with Gasteiger partial charge in [0.2, 0.25) is 5.88 Å². The van der Waals surface area contributed by atoms with Crippen molar-refractivity contribution in [2.75, 3.05) is 13.7 Å². The number of nitrogens with zero attached hydrogens (tertiary/aromatic N) is 2. The predicted octanol–water partition coefficient (Wildman–Crippen LogP) is 3.62. The average molecular weight is 309 g/mol. The van der Waals surface area contributed by atoms with E-state index in [1.807, 2.05) is 12.1 Å². The van der Waals surface area contributed by atoms with E-state index in [1.54, 1.807) is 19.2 Å². The van der Waals surface area contributed by atoms with Crippen molar-refractivity contribution < 1.29 is 14.4 Å². The fourth-order valence-corrected chi connectivity index (χ4v) is 1.88. The van der Waals surface area contributed by atoms with Crippen LogP contribution in [0, 0.1) is 10.1 Å². The van der Waals surface area contributed by atoms with Crippen LogP contribution in [0.15, 0.2) is 36.4 Å². The standard InChI is InChI=1S/C14H13ClN2O4/c1-20-7-6-10-2-4-12(5-3-10)21-14-9-11(17(18)19)8-13(15)16-14/h2-5,8-9H,6-7H2,1H3. The van der Waals surface area contributed by atoms with E-state index in [2.05, 4.69) is 4.98 Å². The first-order chi connectivity index (χ1) is 10.1. The van der Waals surface area contributed by atoms with E-state index in [1.165, 1.54) is 12.1 Å². The van der Waals surface area contributed by atoms with Crippen molar-refractivity contribution in [2.24, 2.45) is 0 Å². The lowest BCUT2D eigenvalue weighted by molar-refractivity contribution is -0.385. The Bertz CT molecular complexity index is 631. The van der Waals surface area contributed by atoms with Crippen molar-refractivity contribution in [3.63, 3.8) is 0 Å². The molecule has 1 aromatic heterocycles. The third kappa shape index (κ3) is 4.40. The van der Waals surface area contributed by atoms with Crippen molar-refractivity contribution in [1.82, 2.24) is 4.98 Å². The second-order valence-electron chi connectivity index (χ2n) is 4.23. The van der Waals surface area contributed by atoms with Crippen LogP contribution in [-0.4, -0.2) is 23.6 Å². The highest BCUT2D eigenvalue weighted by molar-refractivity contribution is 6.29. The summed E-state index contributed by atoms with van der Waals surface area (Å²) in [6.07, 6.45) is 0.803. The molecule has 1 heterocycles. The average Bonchev–Trinajstić information content (AvgIpc) is 2.46. The summed E-state index contributed by atoms with van der Waals surface area (Å²) in [6, 6.07) is 9.71. The number of ether oxygens (including phenoxy) is 2. The molecule has 0 saturated heterocycles. The summed E-state index contributed by atoms with van der Waals surface area (Å²) in [6.45, 7) is 0.641. The second kappa shape index (κ2) is 7.01. The Labute approximate surface area is 126 Å². The Morgan fingerprint density at radius 1 is 1.29 bits per heavy atom. The molecule has 0 unspecified atom stereocenters. The molecule has 0 saturated carbocycles. The number of halogens is 1. The molecular weight excluding hydrogens is 296 g/mol. The van der Waals surface area contributed by atoms with Crippen LogP contribution < -0.4 is 4.74 Å². The number of hydrogen-bond acceptors (Lipinski definition) is 5. The first-order valence-corrected chi connectivity index (χ1v) is 6.54. The summed E-state index contributed by atoms with van der Waals surface area (Å²) in [4.78, 5) is 14.1.